The van der Waals surface area contributed by atoms with Gasteiger partial charge in [0.05, 0.1) is 11.0 Å². The summed E-state index contributed by atoms with van der Waals surface area (Å²) in [5, 5.41) is 9.74. The summed E-state index contributed by atoms with van der Waals surface area (Å²) in [4.78, 5) is 2.49. The van der Waals surface area contributed by atoms with Gasteiger partial charge in [0, 0.05) is 32.9 Å². The molecule has 20 heavy (non-hydrogen) atoms. The van der Waals surface area contributed by atoms with E-state index in [0.717, 1.165) is 25.2 Å². The molecule has 1 heterocycles. The number of hydrogen-bond acceptors (Lipinski definition) is 4. The molecule has 1 N–H and O–H groups in total. The molecule has 2 unspecified atom stereocenters. The second-order valence-corrected chi connectivity index (χ2v) is 7.71. The normalized spacial score (nSPS) is 24.1. The third-order valence-corrected chi connectivity index (χ3v) is 5.67. The molecule has 5 nitrogen and oxygen atoms in total. The summed E-state index contributed by atoms with van der Waals surface area (Å²) in [5.41, 5.74) is 1.00. The van der Waals surface area contributed by atoms with Crippen molar-refractivity contribution in [3.63, 3.8) is 0 Å². The predicted molar refractivity (Wildman–Crippen MR) is 79.3 cm³/mol. The fraction of sp³-hybridized carbons (Fsp3) is 0.571. The van der Waals surface area contributed by atoms with E-state index in [2.05, 4.69) is 4.90 Å². The van der Waals surface area contributed by atoms with Crippen molar-refractivity contribution in [2.75, 3.05) is 32.1 Å². The number of nitrogens with zero attached hydrogens (tertiary/aromatic N) is 2. The number of sulfonamides is 1. The van der Waals surface area contributed by atoms with Gasteiger partial charge in [0.15, 0.2) is 0 Å². The first kappa shape index (κ1) is 15.3. The maximum absolute atomic E-state index is 12.0. The lowest BCUT2D eigenvalue weighted by Gasteiger charge is -2.36. The maximum Gasteiger partial charge on any atom is 0.242 e. The molecule has 1 fully saturated rings. The minimum Gasteiger partial charge on any atom is -0.393 e. The Morgan fingerprint density at radius 2 is 1.85 bits per heavy atom. The Morgan fingerprint density at radius 1 is 1.25 bits per heavy atom. The van der Waals surface area contributed by atoms with E-state index in [9.17, 15) is 13.5 Å². The molecule has 2 atom stereocenters. The van der Waals surface area contributed by atoms with E-state index in [4.69, 9.17) is 0 Å². The largest absolute Gasteiger partial charge is 0.393 e. The van der Waals surface area contributed by atoms with Gasteiger partial charge in [-0.3, -0.25) is 0 Å². The van der Waals surface area contributed by atoms with Crippen LogP contribution in [-0.2, 0) is 10.0 Å². The monoisotopic (exact) mass is 298 g/mol. The number of hydrogen-bond donors (Lipinski definition) is 1. The number of piperidine rings is 1. The van der Waals surface area contributed by atoms with Crippen molar-refractivity contribution in [1.82, 2.24) is 4.31 Å². The third-order valence-electron chi connectivity index (χ3n) is 3.84. The van der Waals surface area contributed by atoms with Gasteiger partial charge in [-0.1, -0.05) is 6.92 Å². The zero-order chi connectivity index (χ0) is 14.9. The first-order valence-electron chi connectivity index (χ1n) is 6.78. The Kier molecular flexibility index (Phi) is 4.36. The van der Waals surface area contributed by atoms with E-state index in [-0.39, 0.29) is 12.0 Å². The SMILES string of the molecule is CC1CN(c2ccc(S(=O)(=O)N(C)C)cc2)CCC1O. The molecular formula is C14H22N2O3S. The van der Waals surface area contributed by atoms with E-state index < -0.39 is 10.0 Å². The van der Waals surface area contributed by atoms with Gasteiger partial charge in [0.2, 0.25) is 10.0 Å². The molecule has 1 aliphatic heterocycles. The van der Waals surface area contributed by atoms with Crippen molar-refractivity contribution in [2.45, 2.75) is 24.3 Å². The highest BCUT2D eigenvalue weighted by Crippen LogP contribution is 2.25. The number of rotatable bonds is 3. The van der Waals surface area contributed by atoms with Gasteiger partial charge in [-0.15, -0.1) is 0 Å². The molecule has 0 saturated carbocycles. The Balaban J connectivity index is 2.17. The van der Waals surface area contributed by atoms with E-state index >= 15 is 0 Å². The van der Waals surface area contributed by atoms with Gasteiger partial charge in [-0.05, 0) is 36.6 Å². The maximum atomic E-state index is 12.0. The van der Waals surface area contributed by atoms with Crippen LogP contribution in [0.4, 0.5) is 5.69 Å². The average molecular weight is 298 g/mol. The van der Waals surface area contributed by atoms with Crippen molar-refractivity contribution in [2.24, 2.45) is 5.92 Å². The Hall–Kier alpha value is -1.11. The number of aliphatic hydroxyl groups excluding tert-OH is 1. The quantitative estimate of drug-likeness (QED) is 0.909. The fourth-order valence-corrected chi connectivity index (χ4v) is 3.31. The van der Waals surface area contributed by atoms with Crippen LogP contribution in [0.2, 0.25) is 0 Å². The molecule has 1 aromatic rings. The summed E-state index contributed by atoms with van der Waals surface area (Å²) in [6.07, 6.45) is 0.512. The van der Waals surface area contributed by atoms with Crippen LogP contribution in [0.25, 0.3) is 0 Å². The zero-order valence-electron chi connectivity index (χ0n) is 12.2. The van der Waals surface area contributed by atoms with Gasteiger partial charge >= 0.3 is 0 Å². The second kappa shape index (κ2) is 5.71. The molecule has 0 aliphatic carbocycles. The topological polar surface area (TPSA) is 60.9 Å². The summed E-state index contributed by atoms with van der Waals surface area (Å²) in [7, 11) is -0.320. The van der Waals surface area contributed by atoms with E-state index in [1.54, 1.807) is 12.1 Å². The minimum atomic E-state index is -3.37. The Labute approximate surface area is 120 Å². The first-order valence-corrected chi connectivity index (χ1v) is 8.22. The van der Waals surface area contributed by atoms with Crippen LogP contribution in [0.1, 0.15) is 13.3 Å². The summed E-state index contributed by atoms with van der Waals surface area (Å²) in [6.45, 7) is 3.62. The highest BCUT2D eigenvalue weighted by Gasteiger charge is 2.24. The van der Waals surface area contributed by atoms with Crippen molar-refractivity contribution >= 4 is 15.7 Å². The molecule has 1 aromatic carbocycles. The van der Waals surface area contributed by atoms with Crippen LogP contribution in [0.3, 0.4) is 0 Å². The molecule has 0 amide bonds. The van der Waals surface area contributed by atoms with E-state index in [0.29, 0.717) is 4.90 Å². The summed E-state index contributed by atoms with van der Waals surface area (Å²) >= 11 is 0. The van der Waals surface area contributed by atoms with Crippen LogP contribution >= 0.6 is 0 Å². The zero-order valence-corrected chi connectivity index (χ0v) is 13.0. The summed E-state index contributed by atoms with van der Waals surface area (Å²) in [6, 6.07) is 6.95. The van der Waals surface area contributed by atoms with Gasteiger partial charge in [0.1, 0.15) is 0 Å². The first-order chi connectivity index (χ1) is 9.32. The number of anilines is 1. The minimum absolute atomic E-state index is 0.230. The molecular weight excluding hydrogens is 276 g/mol. The van der Waals surface area contributed by atoms with Gasteiger partial charge in [-0.2, -0.15) is 0 Å². The van der Waals surface area contributed by atoms with E-state index in [1.165, 1.54) is 18.4 Å². The fourth-order valence-electron chi connectivity index (χ4n) is 2.41. The van der Waals surface area contributed by atoms with Crippen LogP contribution in [-0.4, -0.2) is 51.1 Å². The van der Waals surface area contributed by atoms with Crippen molar-refractivity contribution in [3.05, 3.63) is 24.3 Å². The molecule has 1 saturated heterocycles. The number of aliphatic hydroxyl groups is 1. The molecule has 2 rings (SSSR count). The Morgan fingerprint density at radius 3 is 2.35 bits per heavy atom. The molecule has 1 aliphatic rings. The number of benzene rings is 1. The third kappa shape index (κ3) is 2.97. The average Bonchev–Trinajstić information content (AvgIpc) is 2.42. The second-order valence-electron chi connectivity index (χ2n) is 5.56. The van der Waals surface area contributed by atoms with Crippen LogP contribution in [0.5, 0.6) is 0 Å². The lowest BCUT2D eigenvalue weighted by molar-refractivity contribution is 0.0971. The van der Waals surface area contributed by atoms with Crippen LogP contribution < -0.4 is 4.90 Å². The van der Waals surface area contributed by atoms with Gasteiger partial charge in [0.25, 0.3) is 0 Å². The summed E-state index contributed by atoms with van der Waals surface area (Å²) in [5.74, 6) is 0.230. The van der Waals surface area contributed by atoms with Crippen molar-refractivity contribution in [1.29, 1.82) is 0 Å². The van der Waals surface area contributed by atoms with Gasteiger partial charge in [-0.25, -0.2) is 12.7 Å². The van der Waals surface area contributed by atoms with Crippen molar-refractivity contribution < 1.29 is 13.5 Å². The molecule has 0 aromatic heterocycles. The standard InChI is InChI=1S/C14H22N2O3S/c1-11-10-16(9-8-14(11)17)12-4-6-13(7-5-12)20(18,19)15(2)3/h4-7,11,14,17H,8-10H2,1-3H3. The molecule has 112 valence electrons. The Bertz CT molecular complexity index is 554. The highest BCUT2D eigenvalue weighted by atomic mass is 32.2. The van der Waals surface area contributed by atoms with Gasteiger partial charge < -0.3 is 10.0 Å². The predicted octanol–water partition coefficient (Wildman–Crippen LogP) is 1.14. The lowest BCUT2D eigenvalue weighted by atomic mass is 9.96. The molecule has 0 radical (unpaired) electrons. The lowest BCUT2D eigenvalue weighted by Crippen LogP contribution is -2.41. The van der Waals surface area contributed by atoms with Crippen LogP contribution in [0, 0.1) is 5.92 Å². The van der Waals surface area contributed by atoms with E-state index in [1.807, 2.05) is 19.1 Å². The highest BCUT2D eigenvalue weighted by molar-refractivity contribution is 7.89. The summed E-state index contributed by atoms with van der Waals surface area (Å²) < 4.78 is 25.2. The molecule has 0 spiro atoms. The smallest absolute Gasteiger partial charge is 0.242 e. The molecule has 6 heteroatoms. The molecule has 0 bridgehead atoms. The van der Waals surface area contributed by atoms with Crippen LogP contribution in [0.15, 0.2) is 29.2 Å². The van der Waals surface area contributed by atoms with Crippen molar-refractivity contribution in [3.8, 4) is 0 Å².